The van der Waals surface area contributed by atoms with Gasteiger partial charge in [-0.2, -0.15) is 0 Å². The van der Waals surface area contributed by atoms with E-state index in [1.54, 1.807) is 6.21 Å². The lowest BCUT2D eigenvalue weighted by molar-refractivity contribution is -0.140. The molecule has 1 rings (SSSR count). The van der Waals surface area contributed by atoms with Crippen LogP contribution >= 0.6 is 0 Å². The maximum atomic E-state index is 10.5. The Morgan fingerprint density at radius 1 is 1.44 bits per heavy atom. The van der Waals surface area contributed by atoms with Gasteiger partial charge < -0.3 is 4.84 Å². The van der Waals surface area contributed by atoms with Crippen LogP contribution in [-0.2, 0) is 16.1 Å². The number of rotatable bonds is 4. The second-order valence-corrected chi connectivity index (χ2v) is 4.00. The fourth-order valence-corrected chi connectivity index (χ4v) is 1.36. The summed E-state index contributed by atoms with van der Waals surface area (Å²) in [6.45, 7) is 5.43. The minimum absolute atomic E-state index is 0.252. The molecule has 1 aromatic rings. The van der Waals surface area contributed by atoms with Crippen LogP contribution in [0, 0.1) is 12.8 Å². The Hall–Kier alpha value is -1.64. The number of hydrogen-bond donors (Lipinski definition) is 0. The molecule has 0 N–H and O–H groups in total. The summed E-state index contributed by atoms with van der Waals surface area (Å²) in [6, 6.07) is 8.38. The lowest BCUT2D eigenvalue weighted by atomic mass is 10.0. The Balaban J connectivity index is 2.45. The average molecular weight is 219 g/mol. The second-order valence-electron chi connectivity index (χ2n) is 4.00. The van der Waals surface area contributed by atoms with Gasteiger partial charge in [0.25, 0.3) is 0 Å². The minimum atomic E-state index is -0.390. The zero-order chi connectivity index (χ0) is 12.0. The molecule has 1 aromatic carbocycles. The largest absolute Gasteiger partial charge is 0.331 e. The van der Waals surface area contributed by atoms with Crippen LogP contribution in [0.2, 0.25) is 0 Å². The zero-order valence-electron chi connectivity index (χ0n) is 9.93. The van der Waals surface area contributed by atoms with Gasteiger partial charge in [0, 0.05) is 13.1 Å². The summed E-state index contributed by atoms with van der Waals surface area (Å²) in [7, 11) is 0. The number of oxime groups is 1. The molecule has 0 aliphatic heterocycles. The van der Waals surface area contributed by atoms with E-state index in [4.69, 9.17) is 0 Å². The molecular weight excluding hydrogens is 202 g/mol. The molecule has 0 bridgehead atoms. The van der Waals surface area contributed by atoms with Crippen molar-refractivity contribution in [3.63, 3.8) is 0 Å². The first kappa shape index (κ1) is 12.4. The van der Waals surface area contributed by atoms with Crippen molar-refractivity contribution in [2.24, 2.45) is 11.1 Å². The number of hydrogen-bond acceptors (Lipinski definition) is 3. The Morgan fingerprint density at radius 3 is 2.62 bits per heavy atom. The van der Waals surface area contributed by atoms with Crippen molar-refractivity contribution in [2.45, 2.75) is 27.2 Å². The van der Waals surface area contributed by atoms with Crippen molar-refractivity contribution in [1.82, 2.24) is 0 Å². The van der Waals surface area contributed by atoms with Crippen molar-refractivity contribution in [2.75, 3.05) is 0 Å². The molecule has 3 heteroatoms. The molecule has 0 spiro atoms. The monoisotopic (exact) mass is 219 g/mol. The SMILES string of the molecule is CC(=O)ON=CC(C)Cc1ccc(C)cc1. The molecular formula is C13H17NO2. The number of carbonyl (C=O) groups is 1. The van der Waals surface area contributed by atoms with E-state index in [0.29, 0.717) is 0 Å². The summed E-state index contributed by atoms with van der Waals surface area (Å²) in [5.74, 6) is -0.138. The number of carbonyl (C=O) groups excluding carboxylic acids is 1. The maximum absolute atomic E-state index is 10.5. The van der Waals surface area contributed by atoms with Crippen LogP contribution in [0.4, 0.5) is 0 Å². The molecule has 1 atom stereocenters. The Bertz CT molecular complexity index is 368. The van der Waals surface area contributed by atoms with Crippen molar-refractivity contribution in [3.8, 4) is 0 Å². The highest BCUT2D eigenvalue weighted by Crippen LogP contribution is 2.08. The standard InChI is InChI=1S/C13H17NO2/c1-10-4-6-13(7-5-10)8-11(2)9-14-16-12(3)15/h4-7,9,11H,8H2,1-3H3. The first-order chi connectivity index (χ1) is 7.58. The Morgan fingerprint density at radius 2 is 2.06 bits per heavy atom. The Kier molecular flexibility index (Phi) is 4.70. The second kappa shape index (κ2) is 6.05. The van der Waals surface area contributed by atoms with E-state index in [2.05, 4.69) is 41.2 Å². The van der Waals surface area contributed by atoms with E-state index in [1.165, 1.54) is 18.1 Å². The van der Waals surface area contributed by atoms with E-state index in [1.807, 2.05) is 6.92 Å². The maximum Gasteiger partial charge on any atom is 0.331 e. The number of aryl methyl sites for hydroxylation is 1. The smallest absolute Gasteiger partial charge is 0.319 e. The molecule has 86 valence electrons. The van der Waals surface area contributed by atoms with Gasteiger partial charge in [0.2, 0.25) is 0 Å². The summed E-state index contributed by atoms with van der Waals surface area (Å²) in [6.07, 6.45) is 2.55. The van der Waals surface area contributed by atoms with Gasteiger partial charge in [-0.3, -0.25) is 0 Å². The lowest BCUT2D eigenvalue weighted by Gasteiger charge is -2.05. The fourth-order valence-electron chi connectivity index (χ4n) is 1.36. The summed E-state index contributed by atoms with van der Waals surface area (Å²) >= 11 is 0. The quantitative estimate of drug-likeness (QED) is 0.443. The third-order valence-electron chi connectivity index (χ3n) is 2.17. The van der Waals surface area contributed by atoms with E-state index in [0.717, 1.165) is 6.42 Å². The normalized spacial score (nSPS) is 12.7. The van der Waals surface area contributed by atoms with Crippen LogP contribution < -0.4 is 0 Å². The minimum Gasteiger partial charge on any atom is -0.319 e. The van der Waals surface area contributed by atoms with Gasteiger partial charge in [0.05, 0.1) is 0 Å². The topological polar surface area (TPSA) is 38.7 Å². The number of benzene rings is 1. The molecule has 0 aromatic heterocycles. The summed E-state index contributed by atoms with van der Waals surface area (Å²) in [5, 5.41) is 3.61. The van der Waals surface area contributed by atoms with Crippen LogP contribution in [0.1, 0.15) is 25.0 Å². The molecule has 0 aliphatic carbocycles. The van der Waals surface area contributed by atoms with Crippen molar-refractivity contribution in [3.05, 3.63) is 35.4 Å². The predicted molar refractivity (Wildman–Crippen MR) is 64.3 cm³/mol. The highest BCUT2D eigenvalue weighted by molar-refractivity contribution is 5.67. The number of nitrogens with zero attached hydrogens (tertiary/aromatic N) is 1. The van der Waals surface area contributed by atoms with Gasteiger partial charge in [-0.1, -0.05) is 41.9 Å². The van der Waals surface area contributed by atoms with Crippen LogP contribution in [0.15, 0.2) is 29.4 Å². The van der Waals surface area contributed by atoms with Gasteiger partial charge in [-0.25, -0.2) is 4.79 Å². The average Bonchev–Trinajstić information content (AvgIpc) is 2.21. The van der Waals surface area contributed by atoms with Crippen molar-refractivity contribution in [1.29, 1.82) is 0 Å². The van der Waals surface area contributed by atoms with E-state index in [9.17, 15) is 4.79 Å². The summed E-state index contributed by atoms with van der Waals surface area (Å²) in [5.41, 5.74) is 2.51. The fraction of sp³-hybridized carbons (Fsp3) is 0.385. The summed E-state index contributed by atoms with van der Waals surface area (Å²) < 4.78 is 0. The third kappa shape index (κ3) is 4.73. The summed E-state index contributed by atoms with van der Waals surface area (Å²) in [4.78, 5) is 15.0. The van der Waals surface area contributed by atoms with E-state index in [-0.39, 0.29) is 5.92 Å². The lowest BCUT2D eigenvalue weighted by Crippen LogP contribution is -2.02. The molecule has 1 unspecified atom stereocenters. The molecule has 3 nitrogen and oxygen atoms in total. The van der Waals surface area contributed by atoms with Crippen molar-refractivity contribution >= 4 is 12.2 Å². The van der Waals surface area contributed by atoms with Gasteiger partial charge >= 0.3 is 5.97 Å². The molecule has 0 radical (unpaired) electrons. The zero-order valence-corrected chi connectivity index (χ0v) is 9.93. The van der Waals surface area contributed by atoms with Crippen LogP contribution in [0.5, 0.6) is 0 Å². The van der Waals surface area contributed by atoms with Gasteiger partial charge in [-0.05, 0) is 24.8 Å². The third-order valence-corrected chi connectivity index (χ3v) is 2.17. The van der Waals surface area contributed by atoms with Crippen LogP contribution in [0.3, 0.4) is 0 Å². The predicted octanol–water partition coefficient (Wildman–Crippen LogP) is 2.72. The molecule has 0 saturated heterocycles. The highest BCUT2D eigenvalue weighted by Gasteiger charge is 2.01. The van der Waals surface area contributed by atoms with E-state index < -0.39 is 5.97 Å². The Labute approximate surface area is 96.1 Å². The van der Waals surface area contributed by atoms with Gasteiger partial charge in [0.15, 0.2) is 0 Å². The first-order valence-corrected chi connectivity index (χ1v) is 5.34. The van der Waals surface area contributed by atoms with Gasteiger partial charge in [-0.15, -0.1) is 0 Å². The van der Waals surface area contributed by atoms with Gasteiger partial charge in [0.1, 0.15) is 0 Å². The first-order valence-electron chi connectivity index (χ1n) is 5.34. The van der Waals surface area contributed by atoms with E-state index >= 15 is 0 Å². The molecule has 16 heavy (non-hydrogen) atoms. The molecule has 0 amide bonds. The molecule has 0 saturated carbocycles. The van der Waals surface area contributed by atoms with Crippen LogP contribution in [0.25, 0.3) is 0 Å². The van der Waals surface area contributed by atoms with Crippen molar-refractivity contribution < 1.29 is 9.63 Å². The van der Waals surface area contributed by atoms with Crippen LogP contribution in [-0.4, -0.2) is 12.2 Å². The molecule has 0 heterocycles. The highest BCUT2D eigenvalue weighted by atomic mass is 16.7. The molecule has 0 fully saturated rings. The molecule has 0 aliphatic rings.